The third-order valence-corrected chi connectivity index (χ3v) is 28.1. The van der Waals surface area contributed by atoms with Crippen LogP contribution in [0.2, 0.25) is 0 Å². The molecule has 3 aromatic heterocycles. The van der Waals surface area contributed by atoms with E-state index >= 15 is 0 Å². The number of nitrogens with one attached hydrogen (secondary N) is 3. The number of nitrogens with zero attached hydrogens (tertiary/aromatic N) is 13. The first-order chi connectivity index (χ1) is 70.0. The molecule has 33 nitrogen and oxygen atoms in total. The fourth-order valence-corrected chi connectivity index (χ4v) is 20.1. The quantitative estimate of drug-likeness (QED) is 0.0242. The summed E-state index contributed by atoms with van der Waals surface area (Å²) >= 11 is 0. The van der Waals surface area contributed by atoms with Crippen molar-refractivity contribution in [2.45, 2.75) is 109 Å². The number of aromatic nitrogens is 4. The van der Waals surface area contributed by atoms with Crippen molar-refractivity contribution >= 4 is 70.2 Å². The molecule has 0 unspecified atom stereocenters. The third-order valence-electron chi connectivity index (χ3n) is 28.1. The lowest BCUT2D eigenvalue weighted by Crippen LogP contribution is -2.47. The first-order valence-electron chi connectivity index (χ1n) is 48.8. The molecule has 0 bridgehead atoms. The van der Waals surface area contributed by atoms with Gasteiger partial charge in [0.05, 0.1) is 135 Å². The Hall–Kier alpha value is -15.6. The second-order valence-electron chi connectivity index (χ2n) is 36.2. The summed E-state index contributed by atoms with van der Waals surface area (Å²) in [6.07, 6.45) is 6.91. The normalized spacial score (nSPS) is 16.0. The number of ether oxygens (including phenoxy) is 6. The number of aryl methyl sites for hydroxylation is 2. The van der Waals surface area contributed by atoms with Crippen LogP contribution in [0.15, 0.2) is 240 Å². The van der Waals surface area contributed by atoms with Gasteiger partial charge in [0.15, 0.2) is 40.2 Å². The molecule has 9 heterocycles. The van der Waals surface area contributed by atoms with Gasteiger partial charge in [-0.3, -0.25) is 72.6 Å². The van der Waals surface area contributed by atoms with E-state index in [9.17, 15) is 43.2 Å². The number of carbonyl (C=O) groups excluding carboxylic acids is 9. The van der Waals surface area contributed by atoms with Crippen LogP contribution in [-0.4, -0.2) is 244 Å². The topological polar surface area (TPSA) is 352 Å². The number of imide groups is 3. The van der Waals surface area contributed by atoms with Gasteiger partial charge in [-0.2, -0.15) is 10.2 Å². The van der Waals surface area contributed by atoms with Gasteiger partial charge < -0.3 is 68.1 Å². The van der Waals surface area contributed by atoms with Gasteiger partial charge in [-0.15, -0.1) is 0 Å². The minimum Gasteiger partial charge on any atom is -0.493 e. The molecule has 18 rings (SSSR count). The van der Waals surface area contributed by atoms with Crippen molar-refractivity contribution in [3.8, 4) is 34.5 Å². The fraction of sp³-hybridized carbons (Fsp3) is 0.342. The molecule has 0 saturated carbocycles. The van der Waals surface area contributed by atoms with E-state index in [2.05, 4.69) is 159 Å². The minimum absolute atomic E-state index is 0.201. The van der Waals surface area contributed by atoms with Gasteiger partial charge in [0, 0.05) is 122 Å². The van der Waals surface area contributed by atoms with Crippen LogP contribution < -0.4 is 59.1 Å². The predicted molar refractivity (Wildman–Crippen MR) is 543 cm³/mol. The molecule has 6 atom stereocenters. The zero-order valence-electron chi connectivity index (χ0n) is 83.0. The van der Waals surface area contributed by atoms with Crippen molar-refractivity contribution in [1.29, 1.82) is 0 Å². The van der Waals surface area contributed by atoms with Gasteiger partial charge in [0.2, 0.25) is 0 Å². The molecule has 0 radical (unpaired) electrons. The van der Waals surface area contributed by atoms with E-state index in [0.29, 0.717) is 149 Å². The van der Waals surface area contributed by atoms with Crippen molar-refractivity contribution in [2.24, 2.45) is 0 Å². The Kier molecular flexibility index (Phi) is 33.0. The molecule has 3 N–H and O–H groups in total. The van der Waals surface area contributed by atoms with Crippen molar-refractivity contribution < 1.29 is 80.6 Å². The number of methoxy groups -OCH3 is 6. The molecular weight excluding hydrogens is 1830 g/mol. The molecule has 6 aliphatic heterocycles. The summed E-state index contributed by atoms with van der Waals surface area (Å²) in [6, 6.07) is 66.5. The van der Waals surface area contributed by atoms with E-state index in [-0.39, 0.29) is 77.0 Å². The molecule has 3 saturated heterocycles. The highest BCUT2D eigenvalue weighted by Gasteiger charge is 2.48. The van der Waals surface area contributed by atoms with Crippen molar-refractivity contribution in [3.05, 3.63) is 326 Å². The lowest BCUT2D eigenvalue weighted by atomic mass is 9.99. The number of rotatable bonds is 36. The summed E-state index contributed by atoms with van der Waals surface area (Å²) in [5.74, 6) is 0.776. The van der Waals surface area contributed by atoms with Crippen LogP contribution >= 0.6 is 0 Å². The lowest BCUT2D eigenvalue weighted by Gasteiger charge is -2.39. The maximum absolute atomic E-state index is 14.4. The molecule has 0 spiro atoms. The largest absolute Gasteiger partial charge is 0.493 e. The second kappa shape index (κ2) is 46.9. The van der Waals surface area contributed by atoms with E-state index in [4.69, 9.17) is 37.5 Å². The average Bonchev–Trinajstić information content (AvgIpc) is 1.60. The number of hydrogen-bond acceptors (Lipinski definition) is 27. The van der Waals surface area contributed by atoms with Crippen LogP contribution in [0.3, 0.4) is 0 Å². The zero-order valence-corrected chi connectivity index (χ0v) is 83.0. The van der Waals surface area contributed by atoms with E-state index < -0.39 is 18.1 Å². The Balaban J connectivity index is 0.000000155. The van der Waals surface area contributed by atoms with Crippen LogP contribution in [-0.2, 0) is 0 Å². The van der Waals surface area contributed by atoms with Crippen LogP contribution in [0.4, 0.5) is 17.1 Å². The van der Waals surface area contributed by atoms with E-state index in [1.165, 1.54) is 50.0 Å². The summed E-state index contributed by atoms with van der Waals surface area (Å²) in [5.41, 5.74) is 12.4. The summed E-state index contributed by atoms with van der Waals surface area (Å²) in [5, 5.41) is 23.7. The van der Waals surface area contributed by atoms with E-state index in [0.717, 1.165) is 112 Å². The Bertz CT molecular complexity index is 6560. The van der Waals surface area contributed by atoms with Crippen LogP contribution in [0, 0.1) is 13.8 Å². The molecule has 144 heavy (non-hydrogen) atoms. The maximum atomic E-state index is 14.4. The maximum Gasteiger partial charge on any atom is 0.273 e. The molecular formula is C111H122N16O17. The Morgan fingerprint density at radius 3 is 1.00 bits per heavy atom. The molecule has 0 aliphatic carbocycles. The zero-order chi connectivity index (χ0) is 101. The Morgan fingerprint density at radius 1 is 0.354 bits per heavy atom. The fourth-order valence-electron chi connectivity index (χ4n) is 20.1. The number of fused-ring (bicyclic) bond motifs is 3. The van der Waals surface area contributed by atoms with E-state index in [1.807, 2.05) is 78.9 Å². The van der Waals surface area contributed by atoms with Gasteiger partial charge in [-0.05, 0) is 185 Å². The molecule has 33 heteroatoms. The summed E-state index contributed by atoms with van der Waals surface area (Å²) < 4.78 is 43.0. The standard InChI is InChI=1S/C37H40N6O5.2C37H41N5O6/c1-25(26-9-5-4-6-10-26)41-19-21-42(22-20-41)31-12-7-11-29-34(31)37(46)43(36(29)45)30(27-14-15-32(47-2)33(23-27)48-3)13-8-17-38-35(44)28-16-18-39-40-24-28;1-24-29(23-48-39-24)35(43)38-17-9-14-30(27-15-16-32(46-3)33(22-27)47-4)42-36(44)28-12-8-13-31(34(28)37(42)45)41-20-18-40(19-21-41)25(2)26-10-6-5-7-11-26;1-24-22-29(39-48-24)35(43)38-17-9-14-30(27-15-16-32(46-3)33(23-27)47-4)42-36(44)28-12-8-13-31(34(28)37(42)45)41-20-18-40(19-21-41)25(2)26-10-6-5-7-11-26/h4-7,9-12,14-16,18,23-25,30H,8,13,17,19-22H2,1-3H3,(H,38,44);2*5-8,10-13,15-16,22-23,25,30H,9,14,17-21H2,1-4H3,(H,38,43)/t3*25-,30-/m111/s1. The molecule has 9 amide bonds. The van der Waals surface area contributed by atoms with Gasteiger partial charge in [-0.25, -0.2) is 0 Å². The first kappa shape index (κ1) is 101. The highest BCUT2D eigenvalue weighted by Crippen LogP contribution is 2.46. The van der Waals surface area contributed by atoms with Gasteiger partial charge >= 0.3 is 0 Å². The van der Waals surface area contributed by atoms with Crippen molar-refractivity contribution in [1.82, 2.24) is 65.9 Å². The highest BCUT2D eigenvalue weighted by atomic mass is 16.5. The number of anilines is 3. The first-order valence-corrected chi connectivity index (χ1v) is 48.8. The molecule has 9 aromatic carbocycles. The van der Waals surface area contributed by atoms with Crippen molar-refractivity contribution in [2.75, 3.05) is 156 Å². The second-order valence-corrected chi connectivity index (χ2v) is 36.2. The monoisotopic (exact) mass is 1950 g/mol. The molecule has 3 fully saturated rings. The SMILES string of the molecule is COc1ccc([C@@H](CCCNC(=O)c2cc(C)on2)N2C(=O)c3cccc(N4CCN([C@H](C)c5ccccc5)CC4)c3C2=O)cc1OC.COc1ccc([C@@H](CCCNC(=O)c2ccnnc2)N2C(=O)c3cccc(N4CCN([C@H](C)c5ccccc5)CC4)c3C2=O)cc1OC.COc1ccc([C@@H](CCCNC(=O)c2conc2C)N2C(=O)c3cccc(N4CCN([C@H](C)c5ccccc5)CC4)c3C2=O)cc1OC. The average molecular weight is 1950 g/mol. The summed E-state index contributed by atoms with van der Waals surface area (Å²) in [7, 11) is 9.32. The van der Waals surface area contributed by atoms with Crippen LogP contribution in [0.25, 0.3) is 0 Å². The van der Waals surface area contributed by atoms with Gasteiger partial charge in [0.1, 0.15) is 17.6 Å². The third kappa shape index (κ3) is 22.2. The minimum atomic E-state index is -0.611. The van der Waals surface area contributed by atoms with Crippen LogP contribution in [0.5, 0.6) is 34.5 Å². The van der Waals surface area contributed by atoms with Crippen molar-refractivity contribution in [3.63, 3.8) is 0 Å². The Morgan fingerprint density at radius 2 is 0.694 bits per heavy atom. The van der Waals surface area contributed by atoms with E-state index in [1.54, 1.807) is 117 Å². The predicted octanol–water partition coefficient (Wildman–Crippen LogP) is 15.8. The highest BCUT2D eigenvalue weighted by molar-refractivity contribution is 6.26. The van der Waals surface area contributed by atoms with Gasteiger partial charge in [-0.1, -0.05) is 138 Å². The summed E-state index contributed by atoms with van der Waals surface area (Å²) in [4.78, 5) is 141. The summed E-state index contributed by atoms with van der Waals surface area (Å²) in [6.45, 7) is 20.5. The number of carbonyl (C=O) groups is 9. The van der Waals surface area contributed by atoms with Gasteiger partial charge in [0.25, 0.3) is 53.2 Å². The number of amides is 9. The number of hydrogen-bond donors (Lipinski definition) is 3. The number of benzene rings is 9. The Labute approximate surface area is 837 Å². The molecule has 6 aliphatic rings. The number of piperazine rings is 3. The van der Waals surface area contributed by atoms with Crippen LogP contribution in [0.1, 0.15) is 234 Å². The smallest absolute Gasteiger partial charge is 0.273 e. The molecule has 748 valence electrons. The molecule has 12 aromatic rings. The lowest BCUT2D eigenvalue weighted by molar-refractivity contribution is 0.0556.